The molecule has 0 aromatic heterocycles. The van der Waals surface area contributed by atoms with Crippen molar-refractivity contribution in [1.82, 2.24) is 4.90 Å². The van der Waals surface area contributed by atoms with Gasteiger partial charge in [0.25, 0.3) is 0 Å². The topological polar surface area (TPSA) is 20.3 Å². The van der Waals surface area contributed by atoms with Crippen molar-refractivity contribution in [2.75, 3.05) is 6.54 Å². The lowest BCUT2D eigenvalue weighted by atomic mass is 10.0. The monoisotopic (exact) mass is 229 g/mol. The van der Waals surface area contributed by atoms with Crippen molar-refractivity contribution in [3.05, 3.63) is 48.6 Å². The highest BCUT2D eigenvalue weighted by Gasteiger charge is 2.32. The van der Waals surface area contributed by atoms with Crippen LogP contribution in [0.15, 0.2) is 43.0 Å². The first kappa shape index (κ1) is 11.9. The second-order valence-corrected chi connectivity index (χ2v) is 4.73. The Morgan fingerprint density at radius 1 is 1.47 bits per heavy atom. The summed E-state index contributed by atoms with van der Waals surface area (Å²) in [5, 5.41) is 0. The fourth-order valence-electron chi connectivity index (χ4n) is 2.49. The van der Waals surface area contributed by atoms with E-state index < -0.39 is 0 Å². The molecule has 0 radical (unpaired) electrons. The first-order valence-corrected chi connectivity index (χ1v) is 6.17. The van der Waals surface area contributed by atoms with Crippen LogP contribution in [-0.2, 0) is 4.79 Å². The van der Waals surface area contributed by atoms with Crippen LogP contribution in [-0.4, -0.2) is 17.4 Å². The molecule has 1 aliphatic heterocycles. The van der Waals surface area contributed by atoms with Crippen molar-refractivity contribution in [3.63, 3.8) is 0 Å². The van der Waals surface area contributed by atoms with Gasteiger partial charge in [-0.15, -0.1) is 6.58 Å². The molecule has 1 amide bonds. The van der Waals surface area contributed by atoms with E-state index in [1.165, 1.54) is 5.56 Å². The summed E-state index contributed by atoms with van der Waals surface area (Å²) >= 11 is 0. The van der Waals surface area contributed by atoms with Gasteiger partial charge < -0.3 is 4.90 Å². The number of nitrogens with zero attached hydrogens (tertiary/aromatic N) is 1. The van der Waals surface area contributed by atoms with Gasteiger partial charge in [-0.3, -0.25) is 4.79 Å². The Morgan fingerprint density at radius 2 is 2.18 bits per heavy atom. The third-order valence-electron chi connectivity index (χ3n) is 3.49. The molecule has 1 fully saturated rings. The van der Waals surface area contributed by atoms with Crippen LogP contribution < -0.4 is 0 Å². The zero-order chi connectivity index (χ0) is 12.3. The van der Waals surface area contributed by atoms with E-state index >= 15 is 0 Å². The molecule has 0 bridgehead atoms. The first-order chi connectivity index (χ1) is 8.22. The van der Waals surface area contributed by atoms with E-state index in [1.54, 1.807) is 0 Å². The van der Waals surface area contributed by atoms with Crippen LogP contribution in [0.2, 0.25) is 0 Å². The van der Waals surface area contributed by atoms with E-state index in [9.17, 15) is 4.79 Å². The Labute approximate surface area is 103 Å². The van der Waals surface area contributed by atoms with E-state index in [1.807, 2.05) is 29.2 Å². The number of rotatable bonds is 4. The predicted molar refractivity (Wildman–Crippen MR) is 69.5 cm³/mol. The lowest BCUT2D eigenvalue weighted by Crippen LogP contribution is -2.28. The van der Waals surface area contributed by atoms with Gasteiger partial charge in [0.15, 0.2) is 0 Å². The highest BCUT2D eigenvalue weighted by Crippen LogP contribution is 2.29. The van der Waals surface area contributed by atoms with Gasteiger partial charge in [0, 0.05) is 13.0 Å². The van der Waals surface area contributed by atoms with Gasteiger partial charge in [-0.05, 0) is 24.8 Å². The van der Waals surface area contributed by atoms with Crippen LogP contribution in [0.25, 0.3) is 0 Å². The van der Waals surface area contributed by atoms with E-state index in [0.29, 0.717) is 12.3 Å². The number of hydrogen-bond acceptors (Lipinski definition) is 1. The van der Waals surface area contributed by atoms with Gasteiger partial charge in [0.05, 0.1) is 6.04 Å². The van der Waals surface area contributed by atoms with Gasteiger partial charge in [-0.25, -0.2) is 0 Å². The molecular weight excluding hydrogens is 210 g/mol. The molecule has 0 saturated carbocycles. The molecule has 2 heteroatoms. The number of allylic oxidation sites excluding steroid dienone is 1. The van der Waals surface area contributed by atoms with Crippen LogP contribution in [0.4, 0.5) is 0 Å². The maximum atomic E-state index is 12.0. The number of likely N-dealkylation sites (tertiary alicyclic amines) is 1. The molecule has 1 saturated heterocycles. The molecule has 1 heterocycles. The molecule has 0 unspecified atom stereocenters. The van der Waals surface area contributed by atoms with Crippen LogP contribution in [0, 0.1) is 5.92 Å². The summed E-state index contributed by atoms with van der Waals surface area (Å²) in [4.78, 5) is 14.0. The predicted octanol–water partition coefficient (Wildman–Crippen LogP) is 3.17. The zero-order valence-electron chi connectivity index (χ0n) is 10.3. The Bertz CT molecular complexity index is 399. The minimum absolute atomic E-state index is 0.179. The second kappa shape index (κ2) is 5.17. The summed E-state index contributed by atoms with van der Waals surface area (Å²) < 4.78 is 0. The lowest BCUT2D eigenvalue weighted by Gasteiger charge is -2.25. The number of benzene rings is 1. The van der Waals surface area contributed by atoms with Gasteiger partial charge in [0.1, 0.15) is 0 Å². The fourth-order valence-corrected chi connectivity index (χ4v) is 2.49. The lowest BCUT2D eigenvalue weighted by molar-refractivity contribution is -0.129. The third-order valence-corrected chi connectivity index (χ3v) is 3.49. The third kappa shape index (κ3) is 2.57. The molecule has 2 nitrogen and oxygen atoms in total. The van der Waals surface area contributed by atoms with Crippen LogP contribution in [0.5, 0.6) is 0 Å². The van der Waals surface area contributed by atoms with Crippen molar-refractivity contribution >= 4 is 5.91 Å². The zero-order valence-corrected chi connectivity index (χ0v) is 10.3. The van der Waals surface area contributed by atoms with Crippen LogP contribution in [0.1, 0.15) is 31.4 Å². The molecule has 1 aromatic carbocycles. The van der Waals surface area contributed by atoms with Gasteiger partial charge in [-0.1, -0.05) is 36.4 Å². The molecule has 0 N–H and O–H groups in total. The maximum absolute atomic E-state index is 12.0. The standard InChI is InChI=1S/C15H19NO/c1-3-7-13-10-15(17)16(11-13)12(2)14-8-5-4-6-9-14/h3-6,8-9,12-13H,1,7,10-11H2,2H3/t12-,13-/m1/s1. The Balaban J connectivity index is 2.08. The minimum atomic E-state index is 0.179. The van der Waals surface area contributed by atoms with Crippen LogP contribution in [0.3, 0.4) is 0 Å². The summed E-state index contributed by atoms with van der Waals surface area (Å²) in [5.74, 6) is 0.722. The first-order valence-electron chi connectivity index (χ1n) is 6.17. The molecule has 2 atom stereocenters. The quantitative estimate of drug-likeness (QED) is 0.726. The average Bonchev–Trinajstić information content (AvgIpc) is 2.71. The van der Waals surface area contributed by atoms with Crippen LogP contribution >= 0.6 is 0 Å². The molecule has 17 heavy (non-hydrogen) atoms. The Morgan fingerprint density at radius 3 is 2.82 bits per heavy atom. The smallest absolute Gasteiger partial charge is 0.223 e. The number of carbonyl (C=O) groups excluding carboxylic acids is 1. The summed E-state index contributed by atoms with van der Waals surface area (Å²) in [7, 11) is 0. The number of carbonyl (C=O) groups is 1. The van der Waals surface area contributed by atoms with Crippen molar-refractivity contribution in [2.45, 2.75) is 25.8 Å². The maximum Gasteiger partial charge on any atom is 0.223 e. The Hall–Kier alpha value is -1.57. The number of amides is 1. The number of hydrogen-bond donors (Lipinski definition) is 0. The van der Waals surface area contributed by atoms with E-state index in [2.05, 4.69) is 25.6 Å². The normalized spacial score (nSPS) is 21.6. The van der Waals surface area contributed by atoms with E-state index in [-0.39, 0.29) is 11.9 Å². The largest absolute Gasteiger partial charge is 0.336 e. The average molecular weight is 229 g/mol. The van der Waals surface area contributed by atoms with E-state index in [0.717, 1.165) is 13.0 Å². The molecular formula is C15H19NO. The second-order valence-electron chi connectivity index (χ2n) is 4.73. The molecule has 1 aliphatic rings. The Kier molecular flexibility index (Phi) is 3.62. The molecule has 0 aliphatic carbocycles. The van der Waals surface area contributed by atoms with Crippen molar-refractivity contribution in [2.24, 2.45) is 5.92 Å². The molecule has 0 spiro atoms. The van der Waals surface area contributed by atoms with Gasteiger partial charge in [-0.2, -0.15) is 0 Å². The van der Waals surface area contributed by atoms with E-state index in [4.69, 9.17) is 0 Å². The minimum Gasteiger partial charge on any atom is -0.336 e. The summed E-state index contributed by atoms with van der Waals surface area (Å²) in [6.07, 6.45) is 3.52. The molecule has 1 aromatic rings. The summed E-state index contributed by atoms with van der Waals surface area (Å²) in [6.45, 7) is 6.71. The SMILES string of the molecule is C=CC[C@@H]1CC(=O)N([C@H](C)c2ccccc2)C1. The summed E-state index contributed by atoms with van der Waals surface area (Å²) in [5.41, 5.74) is 1.21. The molecule has 2 rings (SSSR count). The van der Waals surface area contributed by atoms with Gasteiger partial charge in [0.2, 0.25) is 5.91 Å². The summed E-state index contributed by atoms with van der Waals surface area (Å²) in [6, 6.07) is 10.4. The van der Waals surface area contributed by atoms with Crippen molar-refractivity contribution in [3.8, 4) is 0 Å². The fraction of sp³-hybridized carbons (Fsp3) is 0.400. The van der Waals surface area contributed by atoms with Crippen molar-refractivity contribution in [1.29, 1.82) is 0 Å². The highest BCUT2D eigenvalue weighted by molar-refractivity contribution is 5.79. The van der Waals surface area contributed by atoms with Gasteiger partial charge >= 0.3 is 0 Å². The highest BCUT2D eigenvalue weighted by atomic mass is 16.2. The van der Waals surface area contributed by atoms with Crippen molar-refractivity contribution < 1.29 is 4.79 Å². The molecule has 90 valence electrons.